The van der Waals surface area contributed by atoms with Crippen LogP contribution in [0.3, 0.4) is 0 Å². The minimum Gasteiger partial charge on any atom is -0.435 e. The van der Waals surface area contributed by atoms with Crippen molar-refractivity contribution >= 4 is 17.6 Å². The van der Waals surface area contributed by atoms with Gasteiger partial charge in [0.2, 0.25) is 5.96 Å². The number of rotatable bonds is 3. The molecule has 0 saturated heterocycles. The largest absolute Gasteiger partial charge is 0.435 e. The number of alkyl halides is 2. The van der Waals surface area contributed by atoms with E-state index >= 15 is 0 Å². The van der Waals surface area contributed by atoms with E-state index in [0.29, 0.717) is 5.69 Å². The number of hydrogen-bond acceptors (Lipinski definition) is 2. The molecule has 0 aliphatic heterocycles. The molecule has 0 heterocycles. The van der Waals surface area contributed by atoms with Crippen molar-refractivity contribution in [2.75, 3.05) is 0 Å². The number of benzene rings is 1. The number of guanidine groups is 2. The quantitative estimate of drug-likeness (QED) is 0.530. The number of halogens is 2. The molecule has 8 heteroatoms. The van der Waals surface area contributed by atoms with Crippen LogP contribution in [-0.2, 0) is 0 Å². The Morgan fingerprint density at radius 2 is 1.94 bits per heavy atom. The zero-order chi connectivity index (χ0) is 12.8. The van der Waals surface area contributed by atoms with Gasteiger partial charge in [0.25, 0.3) is 0 Å². The maximum Gasteiger partial charge on any atom is 0.387 e. The van der Waals surface area contributed by atoms with E-state index in [1.165, 1.54) is 24.3 Å². The Hall–Kier alpha value is -2.38. The molecule has 1 rings (SSSR count). The molecule has 0 aliphatic carbocycles. The first-order valence-corrected chi connectivity index (χ1v) is 4.46. The van der Waals surface area contributed by atoms with Gasteiger partial charge >= 0.3 is 6.61 Å². The van der Waals surface area contributed by atoms with Crippen LogP contribution in [0.15, 0.2) is 34.3 Å². The van der Waals surface area contributed by atoms with Crippen molar-refractivity contribution in [3.8, 4) is 5.75 Å². The average Bonchev–Trinajstić information content (AvgIpc) is 2.14. The summed E-state index contributed by atoms with van der Waals surface area (Å²) >= 11 is 0. The number of aliphatic imine (C=N–C) groups is 2. The molecule has 1 aromatic rings. The zero-order valence-corrected chi connectivity index (χ0v) is 8.68. The van der Waals surface area contributed by atoms with Gasteiger partial charge in [-0.3, -0.25) is 0 Å². The van der Waals surface area contributed by atoms with Crippen LogP contribution in [0.25, 0.3) is 0 Å². The number of nitrogens with two attached hydrogens (primary N) is 3. The molecule has 0 aromatic heterocycles. The van der Waals surface area contributed by atoms with Gasteiger partial charge in [-0.2, -0.15) is 13.8 Å². The SMILES string of the molecule is NC(N)=NC(N)=Nc1cccc(OC(F)F)c1. The Kier molecular flexibility index (Phi) is 4.21. The Morgan fingerprint density at radius 3 is 2.53 bits per heavy atom. The molecule has 0 bridgehead atoms. The first-order valence-electron chi connectivity index (χ1n) is 4.46. The van der Waals surface area contributed by atoms with Crippen molar-refractivity contribution in [3.63, 3.8) is 0 Å². The van der Waals surface area contributed by atoms with Gasteiger partial charge in [-0.1, -0.05) is 6.07 Å². The van der Waals surface area contributed by atoms with Crippen molar-refractivity contribution in [2.24, 2.45) is 27.2 Å². The van der Waals surface area contributed by atoms with Crippen LogP contribution in [0.4, 0.5) is 14.5 Å². The van der Waals surface area contributed by atoms with Crippen LogP contribution in [-0.4, -0.2) is 18.5 Å². The summed E-state index contributed by atoms with van der Waals surface area (Å²) in [4.78, 5) is 7.26. The Labute approximate surface area is 95.8 Å². The predicted molar refractivity (Wildman–Crippen MR) is 60.2 cm³/mol. The van der Waals surface area contributed by atoms with Crippen LogP contribution in [0, 0.1) is 0 Å². The summed E-state index contributed by atoms with van der Waals surface area (Å²) in [6.07, 6.45) is 0. The summed E-state index contributed by atoms with van der Waals surface area (Å²) in [5.74, 6) is -0.454. The summed E-state index contributed by atoms with van der Waals surface area (Å²) in [6, 6.07) is 5.66. The minimum atomic E-state index is -2.90. The molecule has 1 aromatic carbocycles. The Bertz CT molecular complexity index is 443. The molecule has 0 amide bonds. The molecule has 92 valence electrons. The van der Waals surface area contributed by atoms with Crippen LogP contribution in [0.2, 0.25) is 0 Å². The van der Waals surface area contributed by atoms with E-state index in [0.717, 1.165) is 0 Å². The molecule has 0 aliphatic rings. The normalized spacial score (nSPS) is 11.4. The van der Waals surface area contributed by atoms with Crippen molar-refractivity contribution in [1.29, 1.82) is 0 Å². The Balaban J connectivity index is 2.88. The lowest BCUT2D eigenvalue weighted by Gasteiger charge is -2.04. The molecular formula is C9H11F2N5O. The van der Waals surface area contributed by atoms with E-state index in [1.54, 1.807) is 0 Å². The van der Waals surface area contributed by atoms with Crippen molar-refractivity contribution in [2.45, 2.75) is 6.61 Å². The van der Waals surface area contributed by atoms with Gasteiger partial charge in [0.05, 0.1) is 5.69 Å². The highest BCUT2D eigenvalue weighted by molar-refractivity contribution is 5.93. The maximum absolute atomic E-state index is 11.9. The van der Waals surface area contributed by atoms with Gasteiger partial charge in [-0.15, -0.1) is 0 Å². The Morgan fingerprint density at radius 1 is 1.24 bits per heavy atom. The number of nitrogens with zero attached hydrogens (tertiary/aromatic N) is 2. The second-order valence-corrected chi connectivity index (χ2v) is 2.88. The monoisotopic (exact) mass is 243 g/mol. The third-order valence-electron chi connectivity index (χ3n) is 1.53. The first-order chi connectivity index (χ1) is 7.97. The lowest BCUT2D eigenvalue weighted by atomic mass is 10.3. The molecule has 0 fully saturated rings. The van der Waals surface area contributed by atoms with Crippen molar-refractivity contribution < 1.29 is 13.5 Å². The second kappa shape index (κ2) is 5.64. The van der Waals surface area contributed by atoms with E-state index in [1.807, 2.05) is 0 Å². The third-order valence-corrected chi connectivity index (χ3v) is 1.53. The molecule has 0 atom stereocenters. The summed E-state index contributed by atoms with van der Waals surface area (Å²) in [5.41, 5.74) is 15.8. The second-order valence-electron chi connectivity index (χ2n) is 2.88. The molecule has 0 unspecified atom stereocenters. The van der Waals surface area contributed by atoms with Crippen LogP contribution >= 0.6 is 0 Å². The van der Waals surface area contributed by atoms with E-state index in [9.17, 15) is 8.78 Å². The molecule has 17 heavy (non-hydrogen) atoms. The maximum atomic E-state index is 11.9. The minimum absolute atomic E-state index is 0.0289. The predicted octanol–water partition coefficient (Wildman–Crippen LogP) is 0.508. The summed E-state index contributed by atoms with van der Waals surface area (Å²) in [6.45, 7) is -2.90. The summed E-state index contributed by atoms with van der Waals surface area (Å²) in [5, 5.41) is 0. The van der Waals surface area contributed by atoms with Gasteiger partial charge in [0.15, 0.2) is 5.96 Å². The fourth-order valence-corrected chi connectivity index (χ4v) is 1.02. The molecule has 0 saturated carbocycles. The van der Waals surface area contributed by atoms with Crippen LogP contribution in [0.5, 0.6) is 5.75 Å². The lowest BCUT2D eigenvalue weighted by molar-refractivity contribution is -0.0498. The van der Waals surface area contributed by atoms with E-state index in [2.05, 4.69) is 14.7 Å². The first kappa shape index (κ1) is 12.7. The number of hydrogen-bond donors (Lipinski definition) is 3. The molecule has 6 N–H and O–H groups in total. The fourth-order valence-electron chi connectivity index (χ4n) is 1.02. The molecule has 0 radical (unpaired) electrons. The van der Waals surface area contributed by atoms with E-state index < -0.39 is 6.61 Å². The molecular weight excluding hydrogens is 232 g/mol. The highest BCUT2D eigenvalue weighted by Crippen LogP contribution is 2.21. The molecule has 0 spiro atoms. The van der Waals surface area contributed by atoms with Gasteiger partial charge in [0, 0.05) is 6.07 Å². The summed E-state index contributed by atoms with van der Waals surface area (Å²) in [7, 11) is 0. The van der Waals surface area contributed by atoms with Gasteiger partial charge < -0.3 is 21.9 Å². The smallest absolute Gasteiger partial charge is 0.387 e. The van der Waals surface area contributed by atoms with Crippen molar-refractivity contribution in [3.05, 3.63) is 24.3 Å². The fraction of sp³-hybridized carbons (Fsp3) is 0.111. The van der Waals surface area contributed by atoms with Crippen molar-refractivity contribution in [1.82, 2.24) is 0 Å². The highest BCUT2D eigenvalue weighted by atomic mass is 19.3. The van der Waals surface area contributed by atoms with Gasteiger partial charge in [0.1, 0.15) is 5.75 Å². The van der Waals surface area contributed by atoms with E-state index in [4.69, 9.17) is 17.2 Å². The third kappa shape index (κ3) is 4.78. The van der Waals surface area contributed by atoms with Crippen LogP contribution < -0.4 is 21.9 Å². The zero-order valence-electron chi connectivity index (χ0n) is 8.68. The topological polar surface area (TPSA) is 112 Å². The van der Waals surface area contributed by atoms with Crippen LogP contribution in [0.1, 0.15) is 0 Å². The van der Waals surface area contributed by atoms with E-state index in [-0.39, 0.29) is 17.7 Å². The standard InChI is InChI=1S/C9H11F2N5O/c10-7(11)17-6-3-1-2-5(4-6)15-9(14)16-8(12)13/h1-4,7H,(H6,12,13,14,15,16). The average molecular weight is 243 g/mol. The lowest BCUT2D eigenvalue weighted by Crippen LogP contribution is -2.26. The van der Waals surface area contributed by atoms with Gasteiger partial charge in [-0.25, -0.2) is 4.99 Å². The number of ether oxygens (including phenoxy) is 1. The van der Waals surface area contributed by atoms with Gasteiger partial charge in [-0.05, 0) is 12.1 Å². The molecule has 6 nitrogen and oxygen atoms in total. The summed E-state index contributed by atoms with van der Waals surface area (Å²) < 4.78 is 28.1. The highest BCUT2D eigenvalue weighted by Gasteiger charge is 2.04.